The minimum atomic E-state index is -2.20. The average Bonchev–Trinajstić information content (AvgIpc) is 0.925. The van der Waals surface area contributed by atoms with Gasteiger partial charge in [0.25, 0.3) is 11.8 Å². The summed E-state index contributed by atoms with van der Waals surface area (Å²) in [6.45, 7) is 3.39. The van der Waals surface area contributed by atoms with Gasteiger partial charge in [0.1, 0.15) is 94.6 Å². The number of nitrogens with zero attached hydrogens (tertiary/aromatic N) is 6. The fourth-order valence-electron chi connectivity index (χ4n) is 9.88. The van der Waals surface area contributed by atoms with E-state index >= 15 is 4.79 Å². The van der Waals surface area contributed by atoms with Crippen LogP contribution in [0, 0.1) is 12.8 Å². The Hall–Kier alpha value is -8.38. The van der Waals surface area contributed by atoms with Crippen LogP contribution in [0.4, 0.5) is 10.6 Å². The Labute approximate surface area is 565 Å². The zero-order chi connectivity index (χ0) is 72.4. The molecule has 8 amide bonds. The number of carbonyl (C=O) groups excluding carboxylic acids is 8. The smallest absolute Gasteiger partial charge is 0.404 e. The van der Waals surface area contributed by atoms with Crippen LogP contribution < -0.4 is 72.0 Å². The molecule has 43 heteroatoms. The number of unbranched alkanes of at least 4 members (excludes halogenated alkanes) is 1. The molecule has 542 valence electrons. The lowest BCUT2D eigenvalue weighted by atomic mass is 9.96. The van der Waals surface area contributed by atoms with Crippen molar-refractivity contribution in [2.75, 3.05) is 45.1 Å². The number of primary amides is 3. The Morgan fingerprint density at radius 1 is 0.765 bits per heavy atom. The number of nitrogens with two attached hydrogens (primary N) is 7. The fourth-order valence-corrected chi connectivity index (χ4v) is 11.5. The van der Waals surface area contributed by atoms with E-state index in [1.54, 1.807) is 10.8 Å². The summed E-state index contributed by atoms with van der Waals surface area (Å²) in [4.78, 5) is 135. The molecule has 98 heavy (non-hydrogen) atoms. The molecule has 6 rings (SSSR count). The highest BCUT2D eigenvalue weighted by molar-refractivity contribution is 7.14. The number of imidazole rings is 1. The summed E-state index contributed by atoms with van der Waals surface area (Å²) >= 11 is 2.46. The standard InChI is InChI=1S/C55H84N20O21S2/c1-19-32(72-45(75-43(19)58)24(11-30(57)79)67-12-23(56)44(59)85)49(89)74-34(40(25-13-63-18-68-25)94-53-42(38(83)36(81)28(14-76)93-53)95-52-39(84)41(96-55(62)91)37(82)29(15-77)92-52)50(90)69-21(3)35(80)20(2)46(86)73-33(22(4)78)48(88)65-10-7-31-70-27(17-97-31)51-71-26(16-98-51)47(87)64-8-5-6-9-66-54(60)61/h13,16-18,20-24,28-29,33-42,52-53,67,76-78,80-84H,5-12,14-15,56H2,1-4H3,(H2,57,79)(H2,59,85)(H2,62,91)(H,63,68)(H,64,87)(H,65,88)(H,69,90)(H,73,86)(H,74,89)(H2,58,72,75)(H4,60,61,66)/t20-,21+,22+,23-,24-,28?,29?,33-,34-,35-,36?,37?,38?,39?,40-,41?,42?,52?,53?/m0/s1. The Kier molecular flexibility index (Phi) is 29.2. The van der Waals surface area contributed by atoms with Crippen LogP contribution in [0.1, 0.15) is 95.2 Å². The molecule has 10 unspecified atom stereocenters. The molecule has 29 N–H and O–H groups in total. The van der Waals surface area contributed by atoms with Crippen molar-refractivity contribution in [1.29, 1.82) is 0 Å². The number of aliphatic imine (C=N–C) groups is 1. The number of ether oxygens (including phenoxy) is 5. The second-order valence-corrected chi connectivity index (χ2v) is 24.6. The van der Waals surface area contributed by atoms with Gasteiger partial charge in [-0.1, -0.05) is 6.92 Å². The van der Waals surface area contributed by atoms with Crippen molar-refractivity contribution in [1.82, 2.24) is 61.8 Å². The van der Waals surface area contributed by atoms with Gasteiger partial charge in [0, 0.05) is 55.3 Å². The topological polar surface area (TPSA) is 691 Å². The molecule has 0 bridgehead atoms. The number of nitrogens with one attached hydrogen (secondary N) is 7. The Morgan fingerprint density at radius 3 is 2.09 bits per heavy atom. The normalized spacial score (nSPS) is 23.6. The molecule has 2 aliphatic rings. The van der Waals surface area contributed by atoms with E-state index in [2.05, 4.69) is 66.8 Å². The summed E-state index contributed by atoms with van der Waals surface area (Å²) in [5.41, 5.74) is 38.6. The molecule has 2 aliphatic heterocycles. The number of aromatic nitrogens is 6. The maximum absolute atomic E-state index is 15.2. The molecule has 2 saturated heterocycles. The van der Waals surface area contributed by atoms with Crippen LogP contribution in [0.15, 0.2) is 28.3 Å². The fraction of sp³-hybridized carbons (Fsp3) is 0.600. The highest BCUT2D eigenvalue weighted by atomic mass is 32.1. The van der Waals surface area contributed by atoms with Gasteiger partial charge in [0.2, 0.25) is 29.5 Å². The quantitative estimate of drug-likeness (QED) is 0.0114. The third-order valence-corrected chi connectivity index (χ3v) is 17.2. The summed E-state index contributed by atoms with van der Waals surface area (Å²) in [6.07, 6.45) is -23.9. The number of aliphatic hydroxyl groups is 8. The van der Waals surface area contributed by atoms with Gasteiger partial charge in [-0.3, -0.25) is 38.6 Å². The van der Waals surface area contributed by atoms with Crippen molar-refractivity contribution in [3.63, 3.8) is 0 Å². The Bertz CT molecular complexity index is 3380. The van der Waals surface area contributed by atoms with Crippen LogP contribution in [0.5, 0.6) is 0 Å². The molecule has 0 aromatic carbocycles. The number of guanidine groups is 1. The van der Waals surface area contributed by atoms with E-state index in [-0.39, 0.29) is 60.0 Å². The first-order valence-electron chi connectivity index (χ1n) is 30.4. The number of rotatable bonds is 36. The molecule has 19 atom stereocenters. The first-order valence-corrected chi connectivity index (χ1v) is 32.1. The van der Waals surface area contributed by atoms with Gasteiger partial charge in [0.05, 0.1) is 72.7 Å². The molecule has 0 aliphatic carbocycles. The minimum absolute atomic E-state index is 0.0175. The average molecular weight is 1430 g/mol. The van der Waals surface area contributed by atoms with Crippen molar-refractivity contribution in [3.05, 3.63) is 56.8 Å². The summed E-state index contributed by atoms with van der Waals surface area (Å²) in [7, 11) is 0. The van der Waals surface area contributed by atoms with Crippen LogP contribution in [0.25, 0.3) is 10.7 Å². The van der Waals surface area contributed by atoms with Crippen LogP contribution in [0.2, 0.25) is 0 Å². The molecular formula is C55H84N20O21S2. The SMILES string of the molecule is Cc1c(N)nc([C@H](CC(N)=O)NC[C@H](N)C(N)=O)nc1C(=O)N[C@H](C(=O)N[C@H](C)[C@@H](O)[C@H](C)C(=O)N[C@H](C(=O)NCCc1nc(-c2nc(C(=O)NCCCCN=C(N)N)cs2)cs1)[C@@H](C)O)[C@@H](OC1OC(CO)C(O)C(O)C1OC1OC(CO)C(O)C(OC(N)=O)C1O)c1cnc[nH]1. The van der Waals surface area contributed by atoms with E-state index in [1.807, 2.05) is 0 Å². The van der Waals surface area contributed by atoms with Crippen LogP contribution in [-0.4, -0.2) is 261 Å². The third-order valence-electron chi connectivity index (χ3n) is 15.4. The summed E-state index contributed by atoms with van der Waals surface area (Å²) < 4.78 is 28.7. The lowest BCUT2D eigenvalue weighted by molar-refractivity contribution is -0.372. The number of thiazole rings is 2. The summed E-state index contributed by atoms with van der Waals surface area (Å²) in [6, 6.07) is -7.89. The molecule has 4 aromatic heterocycles. The highest BCUT2D eigenvalue weighted by Gasteiger charge is 2.54. The van der Waals surface area contributed by atoms with Gasteiger partial charge < -0.3 is 142 Å². The predicted molar refractivity (Wildman–Crippen MR) is 340 cm³/mol. The minimum Gasteiger partial charge on any atom is -0.441 e. The highest BCUT2D eigenvalue weighted by Crippen LogP contribution is 2.35. The number of anilines is 1. The van der Waals surface area contributed by atoms with Crippen LogP contribution in [0.3, 0.4) is 0 Å². The number of nitrogen functional groups attached to an aromatic ring is 1. The molecule has 41 nitrogen and oxygen atoms in total. The molecule has 2 fully saturated rings. The van der Waals surface area contributed by atoms with Gasteiger partial charge in [0.15, 0.2) is 24.6 Å². The number of amides is 8. The monoisotopic (exact) mass is 1420 g/mol. The summed E-state index contributed by atoms with van der Waals surface area (Å²) in [5.74, 6) is -8.85. The molecular weight excluding hydrogens is 1340 g/mol. The number of aromatic amines is 1. The van der Waals surface area contributed by atoms with Gasteiger partial charge in [-0.2, -0.15) is 0 Å². The van der Waals surface area contributed by atoms with E-state index in [1.165, 1.54) is 50.4 Å². The van der Waals surface area contributed by atoms with Gasteiger partial charge in [-0.15, -0.1) is 22.7 Å². The molecule has 0 spiro atoms. The number of H-pyrrole nitrogens is 1. The first kappa shape index (κ1) is 78.6. The number of aliphatic hydroxyl groups excluding tert-OH is 8. The van der Waals surface area contributed by atoms with Crippen molar-refractivity contribution < 1.29 is 103 Å². The maximum atomic E-state index is 15.2. The van der Waals surface area contributed by atoms with E-state index in [9.17, 15) is 74.4 Å². The molecule has 0 radical (unpaired) electrons. The van der Waals surface area contributed by atoms with Crippen molar-refractivity contribution in [2.45, 2.75) is 163 Å². The first-order chi connectivity index (χ1) is 46.3. The van der Waals surface area contributed by atoms with E-state index in [0.717, 1.165) is 12.5 Å². The second-order valence-electron chi connectivity index (χ2n) is 22.8. The van der Waals surface area contributed by atoms with Gasteiger partial charge >= 0.3 is 6.09 Å². The zero-order valence-electron chi connectivity index (χ0n) is 53.3. The molecule has 4 aromatic rings. The van der Waals surface area contributed by atoms with E-state index in [0.29, 0.717) is 41.6 Å². The summed E-state index contributed by atoms with van der Waals surface area (Å²) in [5, 5.41) is 108. The molecule has 6 heterocycles. The van der Waals surface area contributed by atoms with E-state index < -0.39 is 183 Å². The lowest BCUT2D eigenvalue weighted by Gasteiger charge is -2.47. The Morgan fingerprint density at radius 2 is 1.46 bits per heavy atom. The largest absolute Gasteiger partial charge is 0.441 e. The van der Waals surface area contributed by atoms with Gasteiger partial charge in [-0.05, 0) is 33.6 Å². The zero-order valence-corrected chi connectivity index (χ0v) is 54.9. The second kappa shape index (κ2) is 36.5. The van der Waals surface area contributed by atoms with Gasteiger partial charge in [-0.25, -0.2) is 29.7 Å². The maximum Gasteiger partial charge on any atom is 0.404 e. The van der Waals surface area contributed by atoms with E-state index in [4.69, 9.17) is 63.8 Å². The number of carbonyl (C=O) groups is 8. The lowest BCUT2D eigenvalue weighted by Crippen LogP contribution is -2.65. The van der Waals surface area contributed by atoms with Crippen molar-refractivity contribution in [3.8, 4) is 10.7 Å². The van der Waals surface area contributed by atoms with Crippen LogP contribution in [-0.2, 0) is 54.1 Å². The van der Waals surface area contributed by atoms with Crippen LogP contribution >= 0.6 is 22.7 Å². The Balaban J connectivity index is 1.24. The molecule has 0 saturated carbocycles. The van der Waals surface area contributed by atoms with Crippen molar-refractivity contribution >= 4 is 81.9 Å². The predicted octanol–water partition coefficient (Wildman–Crippen LogP) is -8.92. The number of hydrogen-bond donors (Lipinski definition) is 22. The number of hydrogen-bond acceptors (Lipinski definition) is 32. The third kappa shape index (κ3) is 21.1. The van der Waals surface area contributed by atoms with Crippen molar-refractivity contribution in [2.24, 2.45) is 45.3 Å².